The summed E-state index contributed by atoms with van der Waals surface area (Å²) in [7, 11) is 1.46. The number of nitrogens with zero attached hydrogens (tertiary/aromatic N) is 1. The molecule has 6 aromatic rings. The van der Waals surface area contributed by atoms with Crippen molar-refractivity contribution in [1.82, 2.24) is 10.4 Å². The number of rotatable bonds is 7. The highest BCUT2D eigenvalue weighted by Gasteiger charge is 2.21. The fourth-order valence-corrected chi connectivity index (χ4v) is 5.49. The zero-order chi connectivity index (χ0) is 29.9. The maximum Gasteiger partial charge on any atom is 0.347 e. The van der Waals surface area contributed by atoms with E-state index in [4.69, 9.17) is 21.1 Å². The maximum absolute atomic E-state index is 13.6. The van der Waals surface area contributed by atoms with Crippen LogP contribution in [-0.4, -0.2) is 30.2 Å². The lowest BCUT2D eigenvalue weighted by molar-refractivity contribution is 0.0730. The fraction of sp³-hybridized carbons (Fsp3) is 0.0294. The predicted molar refractivity (Wildman–Crippen MR) is 173 cm³/mol. The molecule has 43 heavy (non-hydrogen) atoms. The molecule has 0 spiro atoms. The highest BCUT2D eigenvalue weighted by molar-refractivity contribution is 9.10. The van der Waals surface area contributed by atoms with E-state index < -0.39 is 11.9 Å². The number of aromatic amines is 1. The molecular formula is C34H23BrClN3O4. The first-order chi connectivity index (χ1) is 20.9. The number of aromatic nitrogens is 1. The Bertz CT molecular complexity index is 2040. The van der Waals surface area contributed by atoms with Crippen molar-refractivity contribution in [2.75, 3.05) is 7.11 Å². The summed E-state index contributed by atoms with van der Waals surface area (Å²) in [5.74, 6) is -0.518. The van der Waals surface area contributed by atoms with Crippen LogP contribution in [0, 0.1) is 0 Å². The third kappa shape index (κ3) is 5.75. The van der Waals surface area contributed by atoms with Gasteiger partial charge in [-0.3, -0.25) is 4.79 Å². The quantitative estimate of drug-likeness (QED) is 0.0784. The lowest BCUT2D eigenvalue weighted by Crippen LogP contribution is -2.19. The number of H-pyrrole nitrogens is 1. The van der Waals surface area contributed by atoms with Crippen LogP contribution >= 0.6 is 27.5 Å². The summed E-state index contributed by atoms with van der Waals surface area (Å²) < 4.78 is 11.7. The summed E-state index contributed by atoms with van der Waals surface area (Å²) in [4.78, 5) is 29.9. The molecule has 5 aromatic carbocycles. The Balaban J connectivity index is 1.31. The van der Waals surface area contributed by atoms with E-state index in [9.17, 15) is 9.59 Å². The van der Waals surface area contributed by atoms with Crippen LogP contribution in [0.4, 0.5) is 0 Å². The van der Waals surface area contributed by atoms with Gasteiger partial charge in [0, 0.05) is 31.4 Å². The second-order valence-corrected chi connectivity index (χ2v) is 10.9. The number of hydrogen-bond acceptors (Lipinski definition) is 5. The zero-order valence-corrected chi connectivity index (χ0v) is 25.1. The van der Waals surface area contributed by atoms with E-state index in [2.05, 4.69) is 31.4 Å². The molecule has 7 nitrogen and oxygen atoms in total. The van der Waals surface area contributed by atoms with Crippen LogP contribution < -0.4 is 14.9 Å². The van der Waals surface area contributed by atoms with E-state index >= 15 is 0 Å². The molecule has 1 amide bonds. The molecule has 212 valence electrons. The molecular weight excluding hydrogens is 630 g/mol. The van der Waals surface area contributed by atoms with Crippen molar-refractivity contribution in [2.45, 2.75) is 0 Å². The summed E-state index contributed by atoms with van der Waals surface area (Å²) in [5.41, 5.74) is 6.18. The number of fused-ring (bicyclic) bond motifs is 3. The molecule has 0 saturated heterocycles. The van der Waals surface area contributed by atoms with Gasteiger partial charge in [0.15, 0.2) is 0 Å². The number of halogens is 2. The minimum absolute atomic E-state index is 0.175. The molecule has 0 saturated carbocycles. The number of hydrogen-bond donors (Lipinski definition) is 2. The smallest absolute Gasteiger partial charge is 0.347 e. The topological polar surface area (TPSA) is 92.8 Å². The molecule has 0 unspecified atom stereocenters. The predicted octanol–water partition coefficient (Wildman–Crippen LogP) is 8.40. The van der Waals surface area contributed by atoms with Gasteiger partial charge in [-0.05, 0) is 47.3 Å². The Morgan fingerprint density at radius 1 is 0.884 bits per heavy atom. The Morgan fingerprint density at radius 2 is 1.65 bits per heavy atom. The molecule has 1 heterocycles. The van der Waals surface area contributed by atoms with Gasteiger partial charge < -0.3 is 14.5 Å². The number of ether oxygens (including phenoxy) is 2. The van der Waals surface area contributed by atoms with Crippen molar-refractivity contribution < 1.29 is 19.1 Å². The van der Waals surface area contributed by atoms with Crippen molar-refractivity contribution in [1.29, 1.82) is 0 Å². The maximum atomic E-state index is 13.6. The minimum Gasteiger partial charge on any atom is -0.496 e. The van der Waals surface area contributed by atoms with E-state index in [0.29, 0.717) is 22.0 Å². The summed E-state index contributed by atoms with van der Waals surface area (Å²) in [6.07, 6.45) is 1.42. The van der Waals surface area contributed by atoms with Crippen molar-refractivity contribution >= 4 is 67.3 Å². The molecule has 6 rings (SSSR count). The van der Waals surface area contributed by atoms with Crippen molar-refractivity contribution in [3.63, 3.8) is 0 Å². The lowest BCUT2D eigenvalue weighted by Gasteiger charge is -2.11. The Morgan fingerprint density at radius 3 is 2.47 bits per heavy atom. The number of esters is 1. The highest BCUT2D eigenvalue weighted by Crippen LogP contribution is 2.36. The van der Waals surface area contributed by atoms with E-state index in [0.717, 1.165) is 37.3 Å². The largest absolute Gasteiger partial charge is 0.496 e. The zero-order valence-electron chi connectivity index (χ0n) is 22.7. The van der Waals surface area contributed by atoms with Crippen LogP contribution in [0.25, 0.3) is 32.8 Å². The van der Waals surface area contributed by atoms with Crippen molar-refractivity contribution in [3.05, 3.63) is 129 Å². The SMILES string of the molecule is COc1ccc(Cl)cc1C(=O)Oc1ccc(Br)cc1C=NNC(=O)c1[nH]c2c(ccc3ccccc32)c1-c1ccccc1. The summed E-state index contributed by atoms with van der Waals surface area (Å²) in [6, 6.07) is 31.6. The first-order valence-electron chi connectivity index (χ1n) is 13.2. The normalized spacial score (nSPS) is 11.2. The number of hydrazone groups is 1. The van der Waals surface area contributed by atoms with Gasteiger partial charge in [0.2, 0.25) is 0 Å². The van der Waals surface area contributed by atoms with Gasteiger partial charge in [0.1, 0.15) is 22.8 Å². The van der Waals surface area contributed by atoms with Gasteiger partial charge in [0.25, 0.3) is 5.91 Å². The Hall–Kier alpha value is -4.92. The lowest BCUT2D eigenvalue weighted by atomic mass is 9.99. The molecule has 0 aliphatic heterocycles. The van der Waals surface area contributed by atoms with E-state index in [1.165, 1.54) is 19.4 Å². The fourth-order valence-electron chi connectivity index (χ4n) is 4.94. The first-order valence-corrected chi connectivity index (χ1v) is 14.4. The van der Waals surface area contributed by atoms with Gasteiger partial charge in [0.05, 0.1) is 18.8 Å². The van der Waals surface area contributed by atoms with Gasteiger partial charge >= 0.3 is 5.97 Å². The van der Waals surface area contributed by atoms with Crippen LogP contribution in [-0.2, 0) is 0 Å². The second kappa shape index (κ2) is 12.1. The van der Waals surface area contributed by atoms with E-state index in [-0.39, 0.29) is 11.3 Å². The number of benzene rings is 5. The second-order valence-electron chi connectivity index (χ2n) is 9.57. The minimum atomic E-state index is -0.654. The summed E-state index contributed by atoms with van der Waals surface area (Å²) in [6.45, 7) is 0. The number of amides is 1. The Kier molecular flexibility index (Phi) is 7.96. The molecule has 9 heteroatoms. The molecule has 0 aliphatic carbocycles. The van der Waals surface area contributed by atoms with Crippen molar-refractivity contribution in [2.24, 2.45) is 5.10 Å². The first kappa shape index (κ1) is 28.2. The van der Waals surface area contributed by atoms with Crippen molar-refractivity contribution in [3.8, 4) is 22.6 Å². The van der Waals surface area contributed by atoms with Gasteiger partial charge in [-0.2, -0.15) is 5.10 Å². The molecule has 2 N–H and O–H groups in total. The number of nitrogens with one attached hydrogen (secondary N) is 2. The van der Waals surface area contributed by atoms with Gasteiger partial charge in [-0.25, -0.2) is 10.2 Å². The van der Waals surface area contributed by atoms with Crippen LogP contribution in [0.1, 0.15) is 26.4 Å². The van der Waals surface area contributed by atoms with E-state index in [1.54, 1.807) is 30.3 Å². The molecule has 0 bridgehead atoms. The monoisotopic (exact) mass is 651 g/mol. The summed E-state index contributed by atoms with van der Waals surface area (Å²) >= 11 is 9.53. The Labute approximate surface area is 260 Å². The van der Waals surface area contributed by atoms with Crippen LogP contribution in [0.3, 0.4) is 0 Å². The third-order valence-electron chi connectivity index (χ3n) is 6.91. The standard InChI is InChI=1S/C34H23BrClN3O4/c1-42-29-16-13-24(36)18-27(29)34(41)43-28-15-12-23(35)17-22(28)19-37-39-33(40)32-30(21-8-3-2-4-9-21)26-14-11-20-7-5-6-10-25(20)31(26)38-32/h2-19,38H,1H3,(H,39,40). The highest BCUT2D eigenvalue weighted by atomic mass is 79.9. The van der Waals surface area contributed by atoms with Gasteiger partial charge in [-0.1, -0.05) is 94.3 Å². The van der Waals surface area contributed by atoms with E-state index in [1.807, 2.05) is 66.7 Å². The third-order valence-corrected chi connectivity index (χ3v) is 7.64. The van der Waals surface area contributed by atoms with Crippen LogP contribution in [0.5, 0.6) is 11.5 Å². The molecule has 1 aromatic heterocycles. The molecule has 0 radical (unpaired) electrons. The average Bonchev–Trinajstić information content (AvgIpc) is 3.43. The molecule has 0 atom stereocenters. The molecule has 0 fully saturated rings. The number of carbonyl (C=O) groups is 2. The summed E-state index contributed by atoms with van der Waals surface area (Å²) in [5, 5.41) is 7.58. The van der Waals surface area contributed by atoms with Crippen LogP contribution in [0.15, 0.2) is 113 Å². The average molecular weight is 653 g/mol. The molecule has 0 aliphatic rings. The number of methoxy groups -OCH3 is 1. The van der Waals surface area contributed by atoms with Crippen LogP contribution in [0.2, 0.25) is 5.02 Å². The van der Waals surface area contributed by atoms with Gasteiger partial charge in [-0.15, -0.1) is 0 Å². The number of carbonyl (C=O) groups excluding carboxylic acids is 2.